The van der Waals surface area contributed by atoms with Crippen molar-refractivity contribution >= 4 is 46.2 Å². The van der Waals surface area contributed by atoms with Crippen molar-refractivity contribution in [1.29, 1.82) is 0 Å². The van der Waals surface area contributed by atoms with E-state index < -0.39 is 23.4 Å². The average Bonchev–Trinajstić information content (AvgIpc) is 2.97. The summed E-state index contributed by atoms with van der Waals surface area (Å²) in [5, 5.41) is 10.8. The first-order chi connectivity index (χ1) is 11.8. The second-order valence-corrected chi connectivity index (χ2v) is 6.86. The first-order valence-corrected chi connectivity index (χ1v) is 8.16. The molecule has 0 saturated heterocycles. The molecule has 0 spiro atoms. The zero-order chi connectivity index (χ0) is 18.6. The van der Waals surface area contributed by atoms with E-state index in [4.69, 9.17) is 22.1 Å². The summed E-state index contributed by atoms with van der Waals surface area (Å²) in [6.07, 6.45) is 0. The van der Waals surface area contributed by atoms with E-state index in [0.29, 0.717) is 10.9 Å². The Hall–Kier alpha value is -2.65. The number of non-ortho nitro benzene ring substituents is 1. The van der Waals surface area contributed by atoms with E-state index in [-0.39, 0.29) is 16.9 Å². The Morgan fingerprint density at radius 3 is 2.68 bits per heavy atom. The fourth-order valence-electron chi connectivity index (χ4n) is 1.91. The van der Waals surface area contributed by atoms with E-state index in [1.54, 1.807) is 19.2 Å². The molecule has 10 heteroatoms. The number of nitro benzene ring substituents is 1. The second kappa shape index (κ2) is 7.95. The van der Waals surface area contributed by atoms with Crippen LogP contribution >= 0.6 is 22.9 Å². The first kappa shape index (κ1) is 18.7. The van der Waals surface area contributed by atoms with Gasteiger partial charge in [-0.3, -0.25) is 14.9 Å². The maximum absolute atomic E-state index is 12.0. The molecule has 0 bridgehead atoms. The lowest BCUT2D eigenvalue weighted by atomic mass is 10.1. The number of anilines is 1. The number of nitrogen functional groups attached to an aromatic ring is 1. The van der Waals surface area contributed by atoms with Gasteiger partial charge in [-0.15, -0.1) is 11.3 Å². The molecule has 1 aromatic heterocycles. The Labute approximate surface area is 151 Å². The number of nitrogens with zero attached hydrogens (tertiary/aromatic N) is 2. The number of carbonyl (C=O) groups excluding carboxylic acids is 2. The smallest absolute Gasteiger partial charge is 0.341 e. The molecule has 2 N–H and O–H groups in total. The molecular weight excluding hydrogens is 370 g/mol. The van der Waals surface area contributed by atoms with Crippen molar-refractivity contribution < 1.29 is 19.2 Å². The van der Waals surface area contributed by atoms with Crippen LogP contribution in [-0.4, -0.2) is 35.4 Å². The summed E-state index contributed by atoms with van der Waals surface area (Å²) in [4.78, 5) is 36.4. The van der Waals surface area contributed by atoms with Gasteiger partial charge in [0.05, 0.1) is 21.4 Å². The SMILES string of the molecule is CN(Cc1ccc(Cl)s1)C(=O)COC(=O)c1cc([N+](=O)[O-])ccc1N. The highest BCUT2D eigenvalue weighted by Crippen LogP contribution is 2.23. The molecule has 2 aromatic rings. The lowest BCUT2D eigenvalue weighted by molar-refractivity contribution is -0.384. The van der Waals surface area contributed by atoms with Crippen molar-refractivity contribution in [3.63, 3.8) is 0 Å². The predicted octanol–water partition coefficient (Wildman–Crippen LogP) is 2.71. The Balaban J connectivity index is 1.96. The number of ether oxygens (including phenoxy) is 1. The maximum Gasteiger partial charge on any atom is 0.341 e. The van der Waals surface area contributed by atoms with Crippen LogP contribution in [0.5, 0.6) is 0 Å². The summed E-state index contributed by atoms with van der Waals surface area (Å²) in [5.41, 5.74) is 5.21. The molecule has 1 aromatic carbocycles. The van der Waals surface area contributed by atoms with Gasteiger partial charge in [-0.25, -0.2) is 4.79 Å². The van der Waals surface area contributed by atoms with Gasteiger partial charge in [-0.1, -0.05) is 11.6 Å². The molecule has 25 heavy (non-hydrogen) atoms. The highest BCUT2D eigenvalue weighted by molar-refractivity contribution is 7.16. The van der Waals surface area contributed by atoms with Crippen molar-refractivity contribution in [2.45, 2.75) is 6.54 Å². The van der Waals surface area contributed by atoms with E-state index in [1.165, 1.54) is 28.4 Å². The molecule has 8 nitrogen and oxygen atoms in total. The van der Waals surface area contributed by atoms with Crippen LogP contribution in [0.25, 0.3) is 0 Å². The molecule has 2 rings (SSSR count). The van der Waals surface area contributed by atoms with Crippen LogP contribution in [0.15, 0.2) is 30.3 Å². The largest absolute Gasteiger partial charge is 0.452 e. The van der Waals surface area contributed by atoms with Gasteiger partial charge in [0.1, 0.15) is 0 Å². The number of hydrogen-bond donors (Lipinski definition) is 1. The molecule has 0 aliphatic carbocycles. The quantitative estimate of drug-likeness (QED) is 0.355. The lowest BCUT2D eigenvalue weighted by Gasteiger charge is -2.16. The zero-order valence-corrected chi connectivity index (χ0v) is 14.7. The number of hydrogen-bond acceptors (Lipinski definition) is 7. The van der Waals surface area contributed by atoms with Gasteiger partial charge in [0.25, 0.3) is 11.6 Å². The number of rotatable bonds is 6. The monoisotopic (exact) mass is 383 g/mol. The summed E-state index contributed by atoms with van der Waals surface area (Å²) in [6, 6.07) is 6.96. The van der Waals surface area contributed by atoms with Crippen molar-refractivity contribution in [3.05, 3.63) is 55.2 Å². The minimum atomic E-state index is -0.901. The fourth-order valence-corrected chi connectivity index (χ4v) is 3.05. The number of esters is 1. The third-order valence-electron chi connectivity index (χ3n) is 3.24. The van der Waals surface area contributed by atoms with Gasteiger partial charge in [0.15, 0.2) is 6.61 Å². The number of nitro groups is 1. The maximum atomic E-state index is 12.0. The van der Waals surface area contributed by atoms with Crippen LogP contribution in [0.3, 0.4) is 0 Å². The number of halogens is 1. The highest BCUT2D eigenvalue weighted by atomic mass is 35.5. The first-order valence-electron chi connectivity index (χ1n) is 6.97. The van der Waals surface area contributed by atoms with Crippen molar-refractivity contribution in [1.82, 2.24) is 4.90 Å². The summed E-state index contributed by atoms with van der Waals surface area (Å²) in [6.45, 7) is -0.177. The molecule has 0 aliphatic heterocycles. The van der Waals surface area contributed by atoms with Crippen LogP contribution in [0.1, 0.15) is 15.2 Å². The molecule has 0 aliphatic rings. The van der Waals surface area contributed by atoms with E-state index >= 15 is 0 Å². The summed E-state index contributed by atoms with van der Waals surface area (Å²) >= 11 is 7.17. The normalized spacial score (nSPS) is 10.3. The zero-order valence-electron chi connectivity index (χ0n) is 13.1. The Kier molecular flexibility index (Phi) is 5.94. The van der Waals surface area contributed by atoms with Crippen LogP contribution < -0.4 is 5.73 Å². The van der Waals surface area contributed by atoms with Crippen LogP contribution in [0.2, 0.25) is 4.34 Å². The number of amides is 1. The molecule has 0 atom stereocenters. The molecule has 132 valence electrons. The average molecular weight is 384 g/mol. The van der Waals surface area contributed by atoms with Gasteiger partial charge in [-0.2, -0.15) is 0 Å². The van der Waals surface area contributed by atoms with Crippen molar-refractivity contribution in [3.8, 4) is 0 Å². The van der Waals surface area contributed by atoms with Crippen molar-refractivity contribution in [2.75, 3.05) is 19.4 Å². The standard InChI is InChI=1S/C15H14ClN3O5S/c1-18(7-10-3-5-13(16)25-10)14(20)8-24-15(21)11-6-9(19(22)23)2-4-12(11)17/h2-6H,7-8,17H2,1H3. The third-order valence-corrected chi connectivity index (χ3v) is 4.46. The predicted molar refractivity (Wildman–Crippen MR) is 93.6 cm³/mol. The summed E-state index contributed by atoms with van der Waals surface area (Å²) in [5.74, 6) is -1.33. The minimum Gasteiger partial charge on any atom is -0.452 e. The van der Waals surface area contributed by atoms with E-state index in [9.17, 15) is 19.7 Å². The Morgan fingerprint density at radius 2 is 2.08 bits per heavy atom. The number of nitrogens with two attached hydrogens (primary N) is 1. The summed E-state index contributed by atoms with van der Waals surface area (Å²) < 4.78 is 5.53. The van der Waals surface area contributed by atoms with Crippen LogP contribution in [0, 0.1) is 10.1 Å². The molecule has 1 heterocycles. The van der Waals surface area contributed by atoms with Crippen LogP contribution in [0.4, 0.5) is 11.4 Å². The van der Waals surface area contributed by atoms with Gasteiger partial charge in [-0.05, 0) is 18.2 Å². The highest BCUT2D eigenvalue weighted by Gasteiger charge is 2.19. The molecule has 0 unspecified atom stereocenters. The number of likely N-dealkylation sites (N-methyl/N-ethyl adjacent to an activating group) is 1. The lowest BCUT2D eigenvalue weighted by Crippen LogP contribution is -2.30. The second-order valence-electron chi connectivity index (χ2n) is 5.06. The number of thiophene rings is 1. The van der Waals surface area contributed by atoms with Crippen molar-refractivity contribution in [2.24, 2.45) is 0 Å². The molecular formula is C15H14ClN3O5S. The molecule has 1 amide bonds. The van der Waals surface area contributed by atoms with Gasteiger partial charge >= 0.3 is 5.97 Å². The van der Waals surface area contributed by atoms with E-state index in [1.807, 2.05) is 0 Å². The Morgan fingerprint density at radius 1 is 1.36 bits per heavy atom. The third kappa shape index (κ3) is 4.91. The van der Waals surface area contributed by atoms with Crippen LogP contribution in [-0.2, 0) is 16.1 Å². The van der Waals surface area contributed by atoms with E-state index in [0.717, 1.165) is 10.9 Å². The van der Waals surface area contributed by atoms with Gasteiger partial charge < -0.3 is 15.4 Å². The number of carbonyl (C=O) groups is 2. The van der Waals surface area contributed by atoms with Gasteiger partial charge in [0, 0.05) is 29.7 Å². The topological polar surface area (TPSA) is 116 Å². The fraction of sp³-hybridized carbons (Fsp3) is 0.200. The molecule has 0 radical (unpaired) electrons. The number of benzene rings is 1. The van der Waals surface area contributed by atoms with Gasteiger partial charge in [0.2, 0.25) is 0 Å². The van der Waals surface area contributed by atoms with E-state index in [2.05, 4.69) is 0 Å². The minimum absolute atomic E-state index is 0.0321. The molecule has 0 fully saturated rings. The summed E-state index contributed by atoms with van der Waals surface area (Å²) in [7, 11) is 1.56. The molecule has 0 saturated carbocycles. The Bertz CT molecular complexity index is 823.